The summed E-state index contributed by atoms with van der Waals surface area (Å²) in [5.41, 5.74) is 0.695. The van der Waals surface area contributed by atoms with Crippen LogP contribution in [0.15, 0.2) is 87.3 Å². The van der Waals surface area contributed by atoms with Gasteiger partial charge in [-0.1, -0.05) is 29.5 Å². The second-order valence-corrected chi connectivity index (χ2v) is 8.01. The third-order valence-corrected chi connectivity index (χ3v) is 5.80. The van der Waals surface area contributed by atoms with Crippen molar-refractivity contribution in [3.05, 3.63) is 106 Å². The first-order valence-corrected chi connectivity index (χ1v) is 10.5. The molecule has 162 valence electrons. The van der Waals surface area contributed by atoms with Crippen LogP contribution >= 0.6 is 11.3 Å². The van der Waals surface area contributed by atoms with E-state index in [-0.39, 0.29) is 21.7 Å². The van der Waals surface area contributed by atoms with Gasteiger partial charge in [0.05, 0.1) is 27.4 Å². The highest BCUT2D eigenvalue weighted by atomic mass is 32.1. The molecule has 9 heteroatoms. The fourth-order valence-corrected chi connectivity index (χ4v) is 4.16. The number of nitrogens with zero attached hydrogens (tertiary/aromatic N) is 3. The molecular formula is C24H13F2N3O3S. The van der Waals surface area contributed by atoms with E-state index in [2.05, 4.69) is 10.1 Å². The van der Waals surface area contributed by atoms with Gasteiger partial charge in [-0.25, -0.2) is 13.8 Å². The van der Waals surface area contributed by atoms with Crippen molar-refractivity contribution in [2.75, 3.05) is 5.01 Å². The first-order valence-electron chi connectivity index (χ1n) is 9.70. The number of rotatable bonds is 4. The Balaban J connectivity index is 1.61. The minimum atomic E-state index is -0.671. The highest BCUT2D eigenvalue weighted by Gasteiger charge is 2.22. The predicted molar refractivity (Wildman–Crippen MR) is 123 cm³/mol. The number of fused-ring (bicyclic) bond motifs is 2. The molecule has 2 heterocycles. The third-order valence-electron chi connectivity index (χ3n) is 4.80. The Morgan fingerprint density at radius 2 is 1.85 bits per heavy atom. The van der Waals surface area contributed by atoms with E-state index in [9.17, 15) is 18.4 Å². The molecule has 0 saturated carbocycles. The van der Waals surface area contributed by atoms with Crippen LogP contribution in [0.25, 0.3) is 21.2 Å². The first-order chi connectivity index (χ1) is 16.0. The minimum Gasteiger partial charge on any atom is -0.463 e. The molecule has 0 saturated heterocycles. The summed E-state index contributed by atoms with van der Waals surface area (Å²) in [6.07, 6.45) is 2.43. The van der Waals surface area contributed by atoms with E-state index in [1.165, 1.54) is 48.9 Å². The number of carbonyl (C=O) groups excluding carboxylic acids is 1. The lowest BCUT2D eigenvalue weighted by atomic mass is 10.2. The van der Waals surface area contributed by atoms with Crippen LogP contribution in [0.3, 0.4) is 0 Å². The number of carbonyl (C=O) groups is 1. The van der Waals surface area contributed by atoms with Crippen molar-refractivity contribution in [3.8, 4) is 0 Å². The Morgan fingerprint density at radius 3 is 2.70 bits per heavy atom. The van der Waals surface area contributed by atoms with E-state index in [0.29, 0.717) is 21.2 Å². The van der Waals surface area contributed by atoms with Crippen molar-refractivity contribution in [2.24, 2.45) is 5.10 Å². The van der Waals surface area contributed by atoms with Crippen LogP contribution in [0.4, 0.5) is 13.9 Å². The Morgan fingerprint density at radius 1 is 1.03 bits per heavy atom. The van der Waals surface area contributed by atoms with E-state index < -0.39 is 17.5 Å². The van der Waals surface area contributed by atoms with Crippen molar-refractivity contribution < 1.29 is 18.0 Å². The zero-order chi connectivity index (χ0) is 22.9. The molecule has 0 radical (unpaired) electrons. The Bertz CT molecular complexity index is 1610. The molecule has 0 aliphatic heterocycles. The van der Waals surface area contributed by atoms with Gasteiger partial charge in [0.25, 0.3) is 5.91 Å². The number of hydrogen-bond acceptors (Lipinski definition) is 6. The smallest absolute Gasteiger partial charge is 0.280 e. The lowest BCUT2D eigenvalue weighted by Crippen LogP contribution is -2.26. The van der Waals surface area contributed by atoms with Crippen molar-refractivity contribution in [3.63, 3.8) is 0 Å². The average Bonchev–Trinajstić information content (AvgIpc) is 3.23. The molecule has 6 nitrogen and oxygen atoms in total. The second kappa shape index (κ2) is 8.36. The van der Waals surface area contributed by atoms with Gasteiger partial charge in [0, 0.05) is 5.56 Å². The Hall–Kier alpha value is -4.24. The maximum absolute atomic E-state index is 13.7. The number of thiazole rings is 1. The van der Waals surface area contributed by atoms with E-state index in [0.717, 1.165) is 22.4 Å². The number of amides is 1. The number of halogens is 2. The molecule has 2 aromatic heterocycles. The van der Waals surface area contributed by atoms with E-state index in [1.807, 2.05) is 0 Å². The second-order valence-electron chi connectivity index (χ2n) is 7.00. The fraction of sp³-hybridized carbons (Fsp3) is 0. The SMILES string of the molecule is O=C(c1cccc(F)c1)N(/N=C/c1coc2ccccc2c1=O)c1nc2ccc(F)cc2s1. The van der Waals surface area contributed by atoms with Crippen LogP contribution in [0.5, 0.6) is 0 Å². The van der Waals surface area contributed by atoms with E-state index in [1.54, 1.807) is 24.3 Å². The number of aromatic nitrogens is 1. The van der Waals surface area contributed by atoms with Gasteiger partial charge in [-0.3, -0.25) is 9.59 Å². The molecule has 0 spiro atoms. The molecule has 0 N–H and O–H groups in total. The Labute approximate surface area is 189 Å². The first kappa shape index (κ1) is 20.7. The Kier molecular flexibility index (Phi) is 5.23. The quantitative estimate of drug-likeness (QED) is 0.267. The maximum Gasteiger partial charge on any atom is 0.280 e. The fourth-order valence-electron chi connectivity index (χ4n) is 3.21. The monoisotopic (exact) mass is 461 g/mol. The highest BCUT2D eigenvalue weighted by molar-refractivity contribution is 7.22. The van der Waals surface area contributed by atoms with Gasteiger partial charge >= 0.3 is 0 Å². The highest BCUT2D eigenvalue weighted by Crippen LogP contribution is 2.30. The molecule has 33 heavy (non-hydrogen) atoms. The zero-order valence-electron chi connectivity index (χ0n) is 16.7. The van der Waals surface area contributed by atoms with E-state index >= 15 is 0 Å². The van der Waals surface area contributed by atoms with Crippen LogP contribution in [-0.4, -0.2) is 17.1 Å². The molecule has 3 aromatic carbocycles. The van der Waals surface area contributed by atoms with Gasteiger partial charge in [0.1, 0.15) is 23.5 Å². The number of hydrogen-bond donors (Lipinski definition) is 0. The number of anilines is 1. The van der Waals surface area contributed by atoms with Crippen LogP contribution in [-0.2, 0) is 0 Å². The normalized spacial score (nSPS) is 11.5. The van der Waals surface area contributed by atoms with Crippen LogP contribution in [0.1, 0.15) is 15.9 Å². The van der Waals surface area contributed by atoms with E-state index in [4.69, 9.17) is 4.42 Å². The summed E-state index contributed by atoms with van der Waals surface area (Å²) in [6.45, 7) is 0. The summed E-state index contributed by atoms with van der Waals surface area (Å²) in [7, 11) is 0. The number of para-hydroxylation sites is 1. The van der Waals surface area contributed by atoms with Crippen molar-refractivity contribution >= 4 is 49.8 Å². The summed E-state index contributed by atoms with van der Waals surface area (Å²) in [5.74, 6) is -1.71. The zero-order valence-corrected chi connectivity index (χ0v) is 17.6. The van der Waals surface area contributed by atoms with Gasteiger partial charge in [0.2, 0.25) is 10.6 Å². The topological polar surface area (TPSA) is 75.8 Å². The molecule has 0 aliphatic rings. The predicted octanol–water partition coefficient (Wildman–Crippen LogP) is 5.36. The largest absolute Gasteiger partial charge is 0.463 e. The average molecular weight is 461 g/mol. The number of hydrazone groups is 1. The molecule has 0 aliphatic carbocycles. The third kappa shape index (κ3) is 4.01. The van der Waals surface area contributed by atoms with Crippen molar-refractivity contribution in [1.82, 2.24) is 4.98 Å². The number of benzene rings is 3. The van der Waals surface area contributed by atoms with Gasteiger partial charge < -0.3 is 4.42 Å². The summed E-state index contributed by atoms with van der Waals surface area (Å²) in [6, 6.07) is 15.9. The van der Waals surface area contributed by atoms with Gasteiger partial charge in [0.15, 0.2) is 0 Å². The standard InChI is InChI=1S/C24H13F2N3O3S/c25-16-5-3-4-14(10-16)23(31)29(24-28-19-9-8-17(26)11-21(19)33-24)27-12-15-13-32-20-7-2-1-6-18(20)22(15)30/h1-13H/b27-12+. The summed E-state index contributed by atoms with van der Waals surface area (Å²) in [5, 5.41) is 5.63. The molecule has 0 bridgehead atoms. The lowest BCUT2D eigenvalue weighted by Gasteiger charge is -2.13. The minimum absolute atomic E-state index is 0.0307. The van der Waals surface area contributed by atoms with Crippen LogP contribution in [0, 0.1) is 11.6 Å². The lowest BCUT2D eigenvalue weighted by molar-refractivity contribution is 0.0987. The summed E-state index contributed by atoms with van der Waals surface area (Å²) >= 11 is 1.03. The molecule has 0 fully saturated rings. The molecule has 5 aromatic rings. The van der Waals surface area contributed by atoms with Crippen LogP contribution < -0.4 is 10.4 Å². The molecule has 0 unspecified atom stereocenters. The molecule has 1 amide bonds. The van der Waals surface area contributed by atoms with Crippen molar-refractivity contribution in [2.45, 2.75) is 0 Å². The molecule has 0 atom stereocenters. The van der Waals surface area contributed by atoms with Crippen molar-refractivity contribution in [1.29, 1.82) is 0 Å². The van der Waals surface area contributed by atoms with Gasteiger partial charge in [-0.15, -0.1) is 0 Å². The van der Waals surface area contributed by atoms with Gasteiger partial charge in [-0.2, -0.15) is 10.1 Å². The van der Waals surface area contributed by atoms with Crippen LogP contribution in [0.2, 0.25) is 0 Å². The molecule has 5 rings (SSSR count). The maximum atomic E-state index is 13.7. The summed E-state index contributed by atoms with van der Waals surface area (Å²) < 4.78 is 33.4. The summed E-state index contributed by atoms with van der Waals surface area (Å²) in [4.78, 5) is 30.3. The van der Waals surface area contributed by atoms with Gasteiger partial charge in [-0.05, 0) is 48.5 Å². The molecular weight excluding hydrogens is 448 g/mol.